The van der Waals surface area contributed by atoms with Gasteiger partial charge in [0.1, 0.15) is 0 Å². The largest absolute Gasteiger partial charge is 0.372 e. The minimum atomic E-state index is -0.126. The fraction of sp³-hybridized carbons (Fsp3) is 0.444. The number of aromatic nitrogens is 2. The van der Waals surface area contributed by atoms with Crippen LogP contribution in [0.1, 0.15) is 32.4 Å². The first kappa shape index (κ1) is 15.6. The molecule has 122 valence electrons. The number of aromatic amines is 1. The Balaban J connectivity index is 1.70. The number of aryl methyl sites for hydroxylation is 1. The second-order valence-electron chi connectivity index (χ2n) is 6.28. The summed E-state index contributed by atoms with van der Waals surface area (Å²) < 4.78 is 0. The van der Waals surface area contributed by atoms with Gasteiger partial charge in [0.05, 0.1) is 0 Å². The van der Waals surface area contributed by atoms with Crippen LogP contribution in [0.25, 0.3) is 0 Å². The highest BCUT2D eigenvalue weighted by atomic mass is 16.1. The molecule has 1 fully saturated rings. The molecule has 0 amide bonds. The molecule has 1 aromatic carbocycles. The summed E-state index contributed by atoms with van der Waals surface area (Å²) in [5, 5.41) is 3.17. The smallest absolute Gasteiger partial charge is 0.252 e. The van der Waals surface area contributed by atoms with Crippen molar-refractivity contribution in [3.8, 4) is 0 Å². The predicted octanol–water partition coefficient (Wildman–Crippen LogP) is 3.31. The number of hydrogen-bond donors (Lipinski definition) is 2. The Kier molecular flexibility index (Phi) is 4.65. The van der Waals surface area contributed by atoms with E-state index in [1.807, 2.05) is 19.1 Å². The molecule has 2 N–H and O–H groups in total. The van der Waals surface area contributed by atoms with E-state index in [0.29, 0.717) is 5.95 Å². The highest BCUT2D eigenvalue weighted by molar-refractivity contribution is 5.59. The van der Waals surface area contributed by atoms with Crippen LogP contribution in [-0.2, 0) is 6.42 Å². The van der Waals surface area contributed by atoms with Gasteiger partial charge in [0.15, 0.2) is 0 Å². The zero-order valence-electron chi connectivity index (χ0n) is 13.8. The van der Waals surface area contributed by atoms with E-state index in [1.54, 1.807) is 0 Å². The minimum Gasteiger partial charge on any atom is -0.372 e. The van der Waals surface area contributed by atoms with E-state index in [-0.39, 0.29) is 5.56 Å². The van der Waals surface area contributed by atoms with Gasteiger partial charge in [-0.25, -0.2) is 4.98 Å². The van der Waals surface area contributed by atoms with Gasteiger partial charge < -0.3 is 10.2 Å². The molecule has 23 heavy (non-hydrogen) atoms. The summed E-state index contributed by atoms with van der Waals surface area (Å²) >= 11 is 0. The van der Waals surface area contributed by atoms with Crippen LogP contribution in [0.5, 0.6) is 0 Å². The molecule has 0 radical (unpaired) electrons. The van der Waals surface area contributed by atoms with Crippen LogP contribution in [0.2, 0.25) is 0 Å². The molecule has 0 unspecified atom stereocenters. The average molecular weight is 312 g/mol. The molecule has 0 bridgehead atoms. The highest BCUT2D eigenvalue weighted by Crippen LogP contribution is 2.24. The molecular formula is C18H24N4O. The van der Waals surface area contributed by atoms with Crippen molar-refractivity contribution in [3.63, 3.8) is 0 Å². The van der Waals surface area contributed by atoms with Gasteiger partial charge >= 0.3 is 0 Å². The third kappa shape index (κ3) is 3.92. The number of anilines is 3. The summed E-state index contributed by atoms with van der Waals surface area (Å²) in [6.07, 6.45) is 3.26. The Morgan fingerprint density at radius 3 is 2.61 bits per heavy atom. The molecule has 1 aromatic heterocycles. The lowest BCUT2D eigenvalue weighted by Gasteiger charge is -2.32. The van der Waals surface area contributed by atoms with E-state index in [0.717, 1.165) is 36.8 Å². The van der Waals surface area contributed by atoms with Gasteiger partial charge in [0.2, 0.25) is 5.95 Å². The molecule has 1 aliphatic heterocycles. The van der Waals surface area contributed by atoms with Gasteiger partial charge in [0, 0.05) is 36.2 Å². The van der Waals surface area contributed by atoms with Gasteiger partial charge in [-0.15, -0.1) is 0 Å². The normalized spacial score (nSPS) is 15.7. The van der Waals surface area contributed by atoms with E-state index < -0.39 is 0 Å². The van der Waals surface area contributed by atoms with Crippen molar-refractivity contribution >= 4 is 17.3 Å². The third-order valence-electron chi connectivity index (χ3n) is 4.44. The third-order valence-corrected chi connectivity index (χ3v) is 4.44. The molecule has 0 spiro atoms. The van der Waals surface area contributed by atoms with E-state index in [4.69, 9.17) is 0 Å². The van der Waals surface area contributed by atoms with Crippen molar-refractivity contribution < 1.29 is 0 Å². The first-order chi connectivity index (χ1) is 11.1. The lowest BCUT2D eigenvalue weighted by atomic mass is 9.99. The number of piperidine rings is 1. The maximum Gasteiger partial charge on any atom is 0.252 e. The molecule has 0 atom stereocenters. The van der Waals surface area contributed by atoms with Gasteiger partial charge in [-0.2, -0.15) is 0 Å². The molecule has 0 aliphatic carbocycles. The molecule has 2 heterocycles. The van der Waals surface area contributed by atoms with Crippen molar-refractivity contribution in [2.75, 3.05) is 23.3 Å². The predicted molar refractivity (Wildman–Crippen MR) is 94.6 cm³/mol. The van der Waals surface area contributed by atoms with Crippen molar-refractivity contribution in [1.82, 2.24) is 9.97 Å². The number of hydrogen-bond acceptors (Lipinski definition) is 4. The van der Waals surface area contributed by atoms with Gasteiger partial charge in [-0.1, -0.05) is 13.8 Å². The summed E-state index contributed by atoms with van der Waals surface area (Å²) in [4.78, 5) is 21.2. The molecule has 1 aliphatic rings. The van der Waals surface area contributed by atoms with Crippen LogP contribution in [0.4, 0.5) is 17.3 Å². The summed E-state index contributed by atoms with van der Waals surface area (Å²) in [7, 11) is 0. The van der Waals surface area contributed by atoms with Crippen LogP contribution in [0, 0.1) is 5.92 Å². The van der Waals surface area contributed by atoms with Gasteiger partial charge in [0.25, 0.3) is 5.56 Å². The summed E-state index contributed by atoms with van der Waals surface area (Å²) in [6.45, 7) is 6.56. The monoisotopic (exact) mass is 312 g/mol. The van der Waals surface area contributed by atoms with Crippen LogP contribution >= 0.6 is 0 Å². The number of benzene rings is 1. The van der Waals surface area contributed by atoms with Crippen molar-refractivity contribution in [2.24, 2.45) is 5.92 Å². The Morgan fingerprint density at radius 1 is 1.26 bits per heavy atom. The van der Waals surface area contributed by atoms with E-state index in [1.165, 1.54) is 24.6 Å². The Bertz CT molecular complexity index is 700. The average Bonchev–Trinajstić information content (AvgIpc) is 2.56. The van der Waals surface area contributed by atoms with Crippen molar-refractivity contribution in [1.29, 1.82) is 0 Å². The summed E-state index contributed by atoms with van der Waals surface area (Å²) in [6, 6.07) is 9.85. The number of nitrogens with zero attached hydrogens (tertiary/aromatic N) is 2. The summed E-state index contributed by atoms with van der Waals surface area (Å²) in [5.74, 6) is 1.33. The van der Waals surface area contributed by atoms with Crippen LogP contribution in [0.3, 0.4) is 0 Å². The van der Waals surface area contributed by atoms with Crippen LogP contribution < -0.4 is 15.8 Å². The van der Waals surface area contributed by atoms with Gasteiger partial charge in [-0.3, -0.25) is 9.78 Å². The molecule has 0 saturated carbocycles. The highest BCUT2D eigenvalue weighted by Gasteiger charge is 2.15. The molecule has 3 rings (SSSR count). The Hall–Kier alpha value is -2.30. The fourth-order valence-electron chi connectivity index (χ4n) is 2.91. The zero-order chi connectivity index (χ0) is 16.2. The Morgan fingerprint density at radius 2 is 1.96 bits per heavy atom. The summed E-state index contributed by atoms with van der Waals surface area (Å²) in [5.41, 5.74) is 2.84. The molecule has 1 saturated heterocycles. The zero-order valence-corrected chi connectivity index (χ0v) is 13.8. The lowest BCUT2D eigenvalue weighted by Crippen LogP contribution is -2.32. The minimum absolute atomic E-state index is 0.126. The standard InChI is InChI=1S/C18H24N4O/c1-3-14-12-17(23)21-18(19-14)20-15-4-6-16(7-5-15)22-10-8-13(2)9-11-22/h4-7,12-13H,3,8-11H2,1-2H3,(H2,19,20,21,23). The maximum absolute atomic E-state index is 11.6. The fourth-order valence-corrected chi connectivity index (χ4v) is 2.91. The van der Waals surface area contributed by atoms with Crippen molar-refractivity contribution in [3.05, 3.63) is 46.4 Å². The number of rotatable bonds is 4. The van der Waals surface area contributed by atoms with Crippen LogP contribution in [-0.4, -0.2) is 23.1 Å². The SMILES string of the molecule is CCc1cc(=O)[nH]c(Nc2ccc(N3CCC(C)CC3)cc2)n1. The van der Waals surface area contributed by atoms with E-state index in [9.17, 15) is 4.79 Å². The van der Waals surface area contributed by atoms with Crippen LogP contribution in [0.15, 0.2) is 35.1 Å². The lowest BCUT2D eigenvalue weighted by molar-refractivity contribution is 0.438. The maximum atomic E-state index is 11.6. The number of H-pyrrole nitrogens is 1. The topological polar surface area (TPSA) is 61.0 Å². The van der Waals surface area contributed by atoms with E-state index in [2.05, 4.69) is 39.2 Å². The number of nitrogens with one attached hydrogen (secondary N) is 2. The second kappa shape index (κ2) is 6.86. The quantitative estimate of drug-likeness (QED) is 0.909. The molecule has 5 nitrogen and oxygen atoms in total. The van der Waals surface area contributed by atoms with E-state index >= 15 is 0 Å². The Labute approximate surface area is 136 Å². The van der Waals surface area contributed by atoms with Crippen molar-refractivity contribution in [2.45, 2.75) is 33.1 Å². The first-order valence-electron chi connectivity index (χ1n) is 8.36. The second-order valence-corrected chi connectivity index (χ2v) is 6.28. The molecule has 2 aromatic rings. The molecular weight excluding hydrogens is 288 g/mol. The molecule has 5 heteroatoms. The first-order valence-corrected chi connectivity index (χ1v) is 8.36. The van der Waals surface area contributed by atoms with Gasteiger partial charge in [-0.05, 0) is 49.4 Å².